The van der Waals surface area contributed by atoms with Crippen molar-refractivity contribution in [1.29, 1.82) is 0 Å². The van der Waals surface area contributed by atoms with Gasteiger partial charge in [0.05, 0.1) is 0 Å². The topological polar surface area (TPSA) is 32.5 Å². The van der Waals surface area contributed by atoms with E-state index in [9.17, 15) is 0 Å². The maximum Gasteiger partial charge on any atom is 0.0330 e. The van der Waals surface area contributed by atoms with Crippen LogP contribution in [0.3, 0.4) is 0 Å². The van der Waals surface area contributed by atoms with Crippen molar-refractivity contribution in [2.45, 2.75) is 64.5 Å². The van der Waals surface area contributed by atoms with Crippen LogP contribution in [0.2, 0.25) is 0 Å². The highest BCUT2D eigenvalue weighted by Crippen LogP contribution is 2.36. The second-order valence-electron chi connectivity index (χ2n) is 8.02. The summed E-state index contributed by atoms with van der Waals surface area (Å²) >= 11 is 0. The first-order chi connectivity index (χ1) is 8.65. The molecule has 0 saturated heterocycles. The highest BCUT2D eigenvalue weighted by molar-refractivity contribution is 4.97. The summed E-state index contributed by atoms with van der Waals surface area (Å²) in [7, 11) is 6.68. The molecule has 0 aromatic rings. The van der Waals surface area contributed by atoms with Gasteiger partial charge >= 0.3 is 0 Å². The Hall–Kier alpha value is -0.120. The van der Waals surface area contributed by atoms with Crippen molar-refractivity contribution in [1.82, 2.24) is 9.80 Å². The summed E-state index contributed by atoms with van der Waals surface area (Å²) in [6.45, 7) is 9.11. The molecule has 1 rings (SSSR count). The Morgan fingerprint density at radius 3 is 2.11 bits per heavy atom. The molecule has 0 spiro atoms. The van der Waals surface area contributed by atoms with Gasteiger partial charge < -0.3 is 15.5 Å². The van der Waals surface area contributed by atoms with Crippen molar-refractivity contribution in [3.8, 4) is 0 Å². The molecule has 1 aliphatic carbocycles. The number of hydrogen-bond donors (Lipinski definition) is 1. The minimum Gasteiger partial charge on any atom is -0.328 e. The highest BCUT2D eigenvalue weighted by Gasteiger charge is 2.39. The van der Waals surface area contributed by atoms with Crippen LogP contribution in [0.1, 0.15) is 52.9 Å². The van der Waals surface area contributed by atoms with Crippen LogP contribution in [0.4, 0.5) is 0 Å². The van der Waals surface area contributed by atoms with E-state index in [1.54, 1.807) is 0 Å². The fourth-order valence-electron chi connectivity index (χ4n) is 3.19. The van der Waals surface area contributed by atoms with Gasteiger partial charge in [-0.15, -0.1) is 0 Å². The third-order valence-electron chi connectivity index (χ3n) is 4.55. The SMILES string of the molecule is CN(CCC(N)CC(C)(C)C)CC1(N(C)C)CCC1. The summed E-state index contributed by atoms with van der Waals surface area (Å²) in [5, 5.41) is 0. The predicted octanol–water partition coefficient (Wildman–Crippen LogP) is 2.56. The lowest BCUT2D eigenvalue weighted by atomic mass is 9.75. The van der Waals surface area contributed by atoms with E-state index in [-0.39, 0.29) is 0 Å². The van der Waals surface area contributed by atoms with E-state index in [0.717, 1.165) is 19.4 Å². The maximum atomic E-state index is 6.24. The third kappa shape index (κ3) is 5.41. The zero-order chi connectivity index (χ0) is 14.7. The number of rotatable bonds is 7. The normalized spacial score (nSPS) is 20.7. The first kappa shape index (κ1) is 16.9. The van der Waals surface area contributed by atoms with Crippen molar-refractivity contribution < 1.29 is 0 Å². The molecule has 19 heavy (non-hydrogen) atoms. The highest BCUT2D eigenvalue weighted by atomic mass is 15.2. The van der Waals surface area contributed by atoms with Gasteiger partial charge in [0, 0.05) is 18.1 Å². The van der Waals surface area contributed by atoms with Gasteiger partial charge in [-0.1, -0.05) is 20.8 Å². The zero-order valence-electron chi connectivity index (χ0n) is 14.0. The molecule has 0 amide bonds. The molecule has 0 bridgehead atoms. The molecule has 1 aliphatic rings. The molecule has 1 atom stereocenters. The summed E-state index contributed by atoms with van der Waals surface area (Å²) in [4.78, 5) is 4.89. The summed E-state index contributed by atoms with van der Waals surface area (Å²) in [6, 6.07) is 0.333. The molecule has 0 aromatic carbocycles. The molecular formula is C16H35N3. The number of nitrogens with zero attached hydrogens (tertiary/aromatic N) is 2. The maximum absolute atomic E-state index is 6.24. The number of likely N-dealkylation sites (N-methyl/N-ethyl adjacent to an activating group) is 2. The lowest BCUT2D eigenvalue weighted by Crippen LogP contribution is -2.56. The molecule has 3 nitrogen and oxygen atoms in total. The first-order valence-electron chi connectivity index (χ1n) is 7.76. The quantitative estimate of drug-likeness (QED) is 0.771. The monoisotopic (exact) mass is 269 g/mol. The Morgan fingerprint density at radius 1 is 1.16 bits per heavy atom. The fraction of sp³-hybridized carbons (Fsp3) is 1.00. The van der Waals surface area contributed by atoms with Crippen molar-refractivity contribution in [3.63, 3.8) is 0 Å². The Kier molecular flexibility index (Phi) is 5.84. The van der Waals surface area contributed by atoms with Crippen molar-refractivity contribution in [3.05, 3.63) is 0 Å². The van der Waals surface area contributed by atoms with Gasteiger partial charge in [-0.3, -0.25) is 0 Å². The predicted molar refractivity (Wildman–Crippen MR) is 84.4 cm³/mol. The van der Waals surface area contributed by atoms with E-state index in [1.807, 2.05) is 0 Å². The van der Waals surface area contributed by atoms with Gasteiger partial charge in [-0.2, -0.15) is 0 Å². The smallest absolute Gasteiger partial charge is 0.0330 e. The Bertz CT molecular complexity index is 264. The molecule has 1 unspecified atom stereocenters. The van der Waals surface area contributed by atoms with Gasteiger partial charge in [-0.25, -0.2) is 0 Å². The van der Waals surface area contributed by atoms with Crippen molar-refractivity contribution >= 4 is 0 Å². The lowest BCUT2D eigenvalue weighted by Gasteiger charge is -2.49. The molecule has 2 N–H and O–H groups in total. The van der Waals surface area contributed by atoms with Crippen LogP contribution >= 0.6 is 0 Å². The average molecular weight is 269 g/mol. The van der Waals surface area contributed by atoms with Gasteiger partial charge in [0.15, 0.2) is 0 Å². The summed E-state index contributed by atoms with van der Waals surface area (Å²) in [5.74, 6) is 0. The van der Waals surface area contributed by atoms with Crippen LogP contribution in [-0.2, 0) is 0 Å². The van der Waals surface area contributed by atoms with Gasteiger partial charge in [0.25, 0.3) is 0 Å². The Balaban J connectivity index is 2.29. The fourth-order valence-corrected chi connectivity index (χ4v) is 3.19. The minimum absolute atomic E-state index is 0.333. The van der Waals surface area contributed by atoms with E-state index in [1.165, 1.54) is 25.8 Å². The first-order valence-corrected chi connectivity index (χ1v) is 7.76. The van der Waals surface area contributed by atoms with Crippen molar-refractivity contribution in [2.75, 3.05) is 34.2 Å². The number of hydrogen-bond acceptors (Lipinski definition) is 3. The molecule has 0 heterocycles. The molecule has 0 aliphatic heterocycles. The van der Waals surface area contributed by atoms with Crippen LogP contribution in [0.15, 0.2) is 0 Å². The largest absolute Gasteiger partial charge is 0.328 e. The third-order valence-corrected chi connectivity index (χ3v) is 4.55. The molecule has 1 saturated carbocycles. The summed E-state index contributed by atoms with van der Waals surface area (Å²) < 4.78 is 0. The molecule has 114 valence electrons. The molecule has 3 heteroatoms. The van der Waals surface area contributed by atoms with Crippen LogP contribution < -0.4 is 5.73 Å². The summed E-state index contributed by atoms with van der Waals surface area (Å²) in [6.07, 6.45) is 6.29. The average Bonchev–Trinajstić information content (AvgIpc) is 2.17. The molecule has 1 fully saturated rings. The standard InChI is InChI=1S/C16H35N3/c1-15(2,3)12-14(17)8-11-19(6)13-16(18(4)5)9-7-10-16/h14H,7-13,17H2,1-6H3. The summed E-state index contributed by atoms with van der Waals surface area (Å²) in [5.41, 5.74) is 7.02. The number of nitrogens with two attached hydrogens (primary N) is 1. The second-order valence-corrected chi connectivity index (χ2v) is 8.02. The van der Waals surface area contributed by atoms with Gasteiger partial charge in [0.1, 0.15) is 0 Å². The van der Waals surface area contributed by atoms with E-state index in [2.05, 4.69) is 51.7 Å². The second kappa shape index (κ2) is 6.55. The Labute approximate surface area is 120 Å². The molecular weight excluding hydrogens is 234 g/mol. The lowest BCUT2D eigenvalue weighted by molar-refractivity contribution is 0.0270. The van der Waals surface area contributed by atoms with Gasteiger partial charge in [0.2, 0.25) is 0 Å². The van der Waals surface area contributed by atoms with E-state index in [4.69, 9.17) is 5.73 Å². The van der Waals surface area contributed by atoms with Crippen LogP contribution in [0.5, 0.6) is 0 Å². The zero-order valence-corrected chi connectivity index (χ0v) is 14.0. The molecule has 0 aromatic heterocycles. The van der Waals surface area contributed by atoms with Gasteiger partial charge in [-0.05, 0) is 65.2 Å². The van der Waals surface area contributed by atoms with Crippen LogP contribution in [0.25, 0.3) is 0 Å². The van der Waals surface area contributed by atoms with Crippen molar-refractivity contribution in [2.24, 2.45) is 11.1 Å². The molecule has 0 radical (unpaired) electrons. The van der Waals surface area contributed by atoms with E-state index < -0.39 is 0 Å². The van der Waals surface area contributed by atoms with E-state index >= 15 is 0 Å². The van der Waals surface area contributed by atoms with Crippen LogP contribution in [0, 0.1) is 5.41 Å². The minimum atomic E-state index is 0.333. The van der Waals surface area contributed by atoms with Crippen LogP contribution in [-0.4, -0.2) is 55.6 Å². The Morgan fingerprint density at radius 2 is 1.74 bits per heavy atom. The van der Waals surface area contributed by atoms with E-state index in [0.29, 0.717) is 17.0 Å².